The molecule has 3 N–H and O–H groups in total. The number of nitrogen functional groups attached to an aromatic ring is 1. The number of halogens is 2. The van der Waals surface area contributed by atoms with E-state index in [0.717, 1.165) is 12.1 Å². The van der Waals surface area contributed by atoms with Crippen molar-refractivity contribution in [2.75, 3.05) is 26.0 Å². The van der Waals surface area contributed by atoms with E-state index in [-0.39, 0.29) is 28.2 Å². The summed E-state index contributed by atoms with van der Waals surface area (Å²) in [6.45, 7) is 0.356. The fraction of sp³-hybridized carbons (Fsp3) is 0.333. The summed E-state index contributed by atoms with van der Waals surface area (Å²) in [5.41, 5.74) is 5.33. The van der Waals surface area contributed by atoms with Gasteiger partial charge in [0.2, 0.25) is 10.0 Å². The van der Waals surface area contributed by atoms with Crippen molar-refractivity contribution in [3.63, 3.8) is 0 Å². The Morgan fingerprint density at radius 3 is 2.76 bits per heavy atom. The average molecular weight is 327 g/mol. The van der Waals surface area contributed by atoms with Crippen LogP contribution in [-0.2, 0) is 14.8 Å². The van der Waals surface area contributed by atoms with Crippen molar-refractivity contribution in [2.24, 2.45) is 0 Å². The van der Waals surface area contributed by atoms with E-state index >= 15 is 0 Å². The van der Waals surface area contributed by atoms with Gasteiger partial charge in [-0.3, -0.25) is 0 Å². The van der Waals surface area contributed by atoms with Crippen LogP contribution in [0.3, 0.4) is 0 Å². The second-order valence-corrected chi connectivity index (χ2v) is 5.78. The molecule has 1 rings (SSSR count). The lowest BCUT2D eigenvalue weighted by Crippen LogP contribution is -2.28. The van der Waals surface area contributed by atoms with Crippen LogP contribution in [0.5, 0.6) is 0 Å². The second kappa shape index (κ2) is 5.76. The summed E-state index contributed by atoms with van der Waals surface area (Å²) in [4.78, 5) is -0.165. The van der Waals surface area contributed by atoms with Crippen molar-refractivity contribution in [1.82, 2.24) is 4.72 Å². The van der Waals surface area contributed by atoms with E-state index in [1.165, 1.54) is 7.11 Å². The third kappa shape index (κ3) is 3.63. The summed E-state index contributed by atoms with van der Waals surface area (Å²) in [5, 5.41) is 0. The number of nitrogens with one attached hydrogen (secondary N) is 1. The maximum Gasteiger partial charge on any atom is 0.242 e. The molecule has 0 heterocycles. The van der Waals surface area contributed by atoms with Crippen LogP contribution in [0.25, 0.3) is 0 Å². The van der Waals surface area contributed by atoms with Gasteiger partial charge in [-0.1, -0.05) is 0 Å². The Bertz CT molecular complexity index is 507. The molecule has 0 amide bonds. The van der Waals surface area contributed by atoms with E-state index in [0.29, 0.717) is 0 Å². The van der Waals surface area contributed by atoms with Crippen molar-refractivity contribution in [3.8, 4) is 0 Å². The van der Waals surface area contributed by atoms with Crippen LogP contribution < -0.4 is 10.5 Å². The van der Waals surface area contributed by atoms with Crippen molar-refractivity contribution < 1.29 is 17.5 Å². The van der Waals surface area contributed by atoms with Crippen LogP contribution in [-0.4, -0.2) is 28.7 Å². The Kier molecular flexibility index (Phi) is 4.87. The number of hydrogen-bond donors (Lipinski definition) is 2. The Morgan fingerprint density at radius 2 is 2.18 bits per heavy atom. The highest BCUT2D eigenvalue weighted by molar-refractivity contribution is 9.10. The summed E-state index contributed by atoms with van der Waals surface area (Å²) >= 11 is 2.91. The molecule has 0 spiro atoms. The quantitative estimate of drug-likeness (QED) is 0.627. The van der Waals surface area contributed by atoms with E-state index < -0.39 is 15.8 Å². The van der Waals surface area contributed by atoms with Crippen LogP contribution in [0.2, 0.25) is 0 Å². The Morgan fingerprint density at radius 1 is 1.53 bits per heavy atom. The first-order valence-corrected chi connectivity index (χ1v) is 6.89. The lowest BCUT2D eigenvalue weighted by Gasteiger charge is -2.09. The van der Waals surface area contributed by atoms with Crippen LogP contribution in [0, 0.1) is 5.82 Å². The fourth-order valence-corrected chi connectivity index (χ4v) is 2.78. The molecule has 96 valence electrons. The second-order valence-electron chi connectivity index (χ2n) is 3.19. The molecular weight excluding hydrogens is 315 g/mol. The SMILES string of the molecule is COCCNS(=O)(=O)c1cc(Br)c(F)cc1N. The lowest BCUT2D eigenvalue weighted by atomic mass is 10.3. The Hall–Kier alpha value is -0.700. The molecule has 0 unspecified atom stereocenters. The number of sulfonamides is 1. The molecule has 17 heavy (non-hydrogen) atoms. The summed E-state index contributed by atoms with van der Waals surface area (Å²) in [6.07, 6.45) is 0. The van der Waals surface area contributed by atoms with Gasteiger partial charge in [0.05, 0.1) is 16.8 Å². The highest BCUT2D eigenvalue weighted by atomic mass is 79.9. The highest BCUT2D eigenvalue weighted by Gasteiger charge is 2.19. The molecule has 0 aliphatic carbocycles. The lowest BCUT2D eigenvalue weighted by molar-refractivity contribution is 0.204. The van der Waals surface area contributed by atoms with Crippen LogP contribution in [0.4, 0.5) is 10.1 Å². The maximum atomic E-state index is 13.1. The molecule has 8 heteroatoms. The summed E-state index contributed by atoms with van der Waals surface area (Å²) in [6, 6.07) is 2.08. The van der Waals surface area contributed by atoms with Gasteiger partial charge in [-0.05, 0) is 28.1 Å². The third-order valence-corrected chi connectivity index (χ3v) is 4.06. The van der Waals surface area contributed by atoms with Gasteiger partial charge in [0.15, 0.2) is 0 Å². The van der Waals surface area contributed by atoms with Gasteiger partial charge in [-0.25, -0.2) is 17.5 Å². The van der Waals surface area contributed by atoms with Crippen molar-refractivity contribution in [3.05, 3.63) is 22.4 Å². The molecule has 0 fully saturated rings. The zero-order valence-electron chi connectivity index (χ0n) is 9.04. The molecule has 0 bridgehead atoms. The largest absolute Gasteiger partial charge is 0.398 e. The molecule has 0 aliphatic heterocycles. The molecule has 0 aromatic heterocycles. The van der Waals surface area contributed by atoms with Crippen LogP contribution >= 0.6 is 15.9 Å². The molecule has 1 aromatic rings. The summed E-state index contributed by atoms with van der Waals surface area (Å²) < 4.78 is 43.7. The number of ether oxygens (including phenoxy) is 1. The van der Waals surface area contributed by atoms with Gasteiger partial charge >= 0.3 is 0 Å². The van der Waals surface area contributed by atoms with E-state index in [4.69, 9.17) is 10.5 Å². The predicted octanol–water partition coefficient (Wildman–Crippen LogP) is 1.10. The van der Waals surface area contributed by atoms with Gasteiger partial charge < -0.3 is 10.5 Å². The first kappa shape index (κ1) is 14.4. The first-order valence-electron chi connectivity index (χ1n) is 4.61. The maximum absolute atomic E-state index is 13.1. The number of methoxy groups -OCH3 is 1. The minimum absolute atomic E-state index is 0.0406. The van der Waals surface area contributed by atoms with E-state index in [2.05, 4.69) is 20.7 Å². The normalized spacial score (nSPS) is 11.7. The zero-order chi connectivity index (χ0) is 13.1. The van der Waals surface area contributed by atoms with Gasteiger partial charge in [0.25, 0.3) is 0 Å². The smallest absolute Gasteiger partial charge is 0.242 e. The van der Waals surface area contributed by atoms with Crippen molar-refractivity contribution >= 4 is 31.6 Å². The number of hydrogen-bond acceptors (Lipinski definition) is 4. The molecule has 0 aliphatic rings. The standard InChI is InChI=1S/C9H12BrFN2O3S/c1-16-3-2-13-17(14,15)9-4-6(10)7(11)5-8(9)12/h4-5,13H,2-3,12H2,1H3. The minimum Gasteiger partial charge on any atom is -0.398 e. The van der Waals surface area contributed by atoms with Crippen LogP contribution in [0.15, 0.2) is 21.5 Å². The summed E-state index contributed by atoms with van der Waals surface area (Å²) in [5.74, 6) is -0.613. The molecule has 5 nitrogen and oxygen atoms in total. The van der Waals surface area contributed by atoms with Gasteiger partial charge in [-0.15, -0.1) is 0 Å². The van der Waals surface area contributed by atoms with Gasteiger partial charge in [-0.2, -0.15) is 0 Å². The number of rotatable bonds is 5. The molecular formula is C9H12BrFN2O3S. The van der Waals surface area contributed by atoms with E-state index in [9.17, 15) is 12.8 Å². The first-order chi connectivity index (χ1) is 7.88. The Balaban J connectivity index is 3.03. The topological polar surface area (TPSA) is 81.4 Å². The van der Waals surface area contributed by atoms with E-state index in [1.54, 1.807) is 0 Å². The number of benzene rings is 1. The molecule has 0 saturated heterocycles. The molecule has 0 atom stereocenters. The van der Waals surface area contributed by atoms with Crippen molar-refractivity contribution in [1.29, 1.82) is 0 Å². The van der Waals surface area contributed by atoms with Gasteiger partial charge in [0.1, 0.15) is 10.7 Å². The molecule has 0 radical (unpaired) electrons. The number of nitrogens with two attached hydrogens (primary N) is 1. The monoisotopic (exact) mass is 326 g/mol. The fourth-order valence-electron chi connectivity index (χ4n) is 1.13. The Labute approximate surface area is 107 Å². The minimum atomic E-state index is -3.75. The predicted molar refractivity (Wildman–Crippen MR) is 65.6 cm³/mol. The average Bonchev–Trinajstić information content (AvgIpc) is 2.23. The zero-order valence-corrected chi connectivity index (χ0v) is 11.4. The summed E-state index contributed by atoms with van der Waals surface area (Å²) in [7, 11) is -2.30. The molecule has 1 aromatic carbocycles. The molecule has 0 saturated carbocycles. The van der Waals surface area contributed by atoms with E-state index in [1.807, 2.05) is 0 Å². The number of anilines is 1. The van der Waals surface area contributed by atoms with Crippen molar-refractivity contribution in [2.45, 2.75) is 4.90 Å². The third-order valence-electron chi connectivity index (χ3n) is 1.94. The van der Waals surface area contributed by atoms with Gasteiger partial charge in [0, 0.05) is 13.7 Å². The van der Waals surface area contributed by atoms with Crippen LogP contribution in [0.1, 0.15) is 0 Å². The highest BCUT2D eigenvalue weighted by Crippen LogP contribution is 2.25.